The van der Waals surface area contributed by atoms with Gasteiger partial charge in [0, 0.05) is 17.7 Å². The summed E-state index contributed by atoms with van der Waals surface area (Å²) in [7, 11) is 1.66. The van der Waals surface area contributed by atoms with Crippen LogP contribution in [0, 0.1) is 0 Å². The number of fused-ring (bicyclic) bond motifs is 1. The third kappa shape index (κ3) is 5.07. The number of hydrogen-bond donors (Lipinski definition) is 2. The Kier molecular flexibility index (Phi) is 5.98. The third-order valence-electron chi connectivity index (χ3n) is 4.46. The minimum Gasteiger partial charge on any atom is -0.497 e. The molecule has 0 spiro atoms. The lowest BCUT2D eigenvalue weighted by atomic mass is 9.89. The lowest BCUT2D eigenvalue weighted by Gasteiger charge is -2.38. The number of rotatable bonds is 5. The SMILES string of the molecule is COc1ccc2c(c1)C(NC(=S)Nc1ccc(OC(C)C)cc1)CC(C)(C)O2. The van der Waals surface area contributed by atoms with E-state index in [1.165, 1.54) is 0 Å². The molecular weight excluding hydrogens is 372 g/mol. The molecule has 0 saturated heterocycles. The summed E-state index contributed by atoms with van der Waals surface area (Å²) in [4.78, 5) is 0. The van der Waals surface area contributed by atoms with Crippen molar-refractivity contribution in [2.24, 2.45) is 0 Å². The number of benzene rings is 2. The van der Waals surface area contributed by atoms with Gasteiger partial charge in [-0.15, -0.1) is 0 Å². The molecule has 1 unspecified atom stereocenters. The van der Waals surface area contributed by atoms with Gasteiger partial charge in [-0.3, -0.25) is 0 Å². The normalized spacial score (nSPS) is 17.3. The van der Waals surface area contributed by atoms with E-state index in [1.807, 2.05) is 56.3 Å². The number of ether oxygens (including phenoxy) is 3. The summed E-state index contributed by atoms with van der Waals surface area (Å²) in [5.41, 5.74) is 1.67. The van der Waals surface area contributed by atoms with Crippen molar-refractivity contribution in [3.8, 4) is 17.2 Å². The summed E-state index contributed by atoms with van der Waals surface area (Å²) in [5, 5.41) is 7.24. The van der Waals surface area contributed by atoms with Crippen molar-refractivity contribution in [3.05, 3.63) is 48.0 Å². The second kappa shape index (κ2) is 8.27. The van der Waals surface area contributed by atoms with Crippen LogP contribution < -0.4 is 24.8 Å². The van der Waals surface area contributed by atoms with E-state index in [0.717, 1.165) is 34.9 Å². The van der Waals surface area contributed by atoms with E-state index in [1.54, 1.807) is 7.11 Å². The van der Waals surface area contributed by atoms with Gasteiger partial charge in [0.2, 0.25) is 0 Å². The Labute approximate surface area is 172 Å². The Balaban J connectivity index is 1.71. The summed E-state index contributed by atoms with van der Waals surface area (Å²) < 4.78 is 17.2. The van der Waals surface area contributed by atoms with E-state index in [2.05, 4.69) is 24.5 Å². The minimum atomic E-state index is -0.287. The molecule has 1 aliphatic heterocycles. The molecule has 1 atom stereocenters. The zero-order valence-electron chi connectivity index (χ0n) is 17.0. The van der Waals surface area contributed by atoms with Crippen molar-refractivity contribution in [2.75, 3.05) is 12.4 Å². The first-order valence-corrected chi connectivity index (χ1v) is 9.88. The summed E-state index contributed by atoms with van der Waals surface area (Å²) >= 11 is 5.56. The van der Waals surface area contributed by atoms with Crippen molar-refractivity contribution in [1.82, 2.24) is 5.32 Å². The molecule has 2 aromatic carbocycles. The number of thiocarbonyl (C=S) groups is 1. The van der Waals surface area contributed by atoms with Crippen LogP contribution in [0.4, 0.5) is 5.69 Å². The van der Waals surface area contributed by atoms with E-state index < -0.39 is 0 Å². The molecule has 2 aromatic rings. The van der Waals surface area contributed by atoms with E-state index in [4.69, 9.17) is 26.4 Å². The zero-order chi connectivity index (χ0) is 20.3. The maximum absolute atomic E-state index is 6.12. The van der Waals surface area contributed by atoms with Gasteiger partial charge in [0.05, 0.1) is 19.3 Å². The van der Waals surface area contributed by atoms with Gasteiger partial charge in [-0.2, -0.15) is 0 Å². The van der Waals surface area contributed by atoms with Gasteiger partial charge in [-0.1, -0.05) is 0 Å². The van der Waals surface area contributed by atoms with E-state index >= 15 is 0 Å². The highest BCUT2D eigenvalue weighted by atomic mass is 32.1. The Morgan fingerprint density at radius 3 is 2.46 bits per heavy atom. The Morgan fingerprint density at radius 1 is 1.14 bits per heavy atom. The Morgan fingerprint density at radius 2 is 1.82 bits per heavy atom. The molecule has 0 amide bonds. The molecule has 28 heavy (non-hydrogen) atoms. The van der Waals surface area contributed by atoms with Crippen molar-refractivity contribution < 1.29 is 14.2 Å². The summed E-state index contributed by atoms with van der Waals surface area (Å²) in [6, 6.07) is 13.7. The van der Waals surface area contributed by atoms with Crippen molar-refractivity contribution in [3.63, 3.8) is 0 Å². The second-order valence-electron chi connectivity index (χ2n) is 7.81. The first kappa shape index (κ1) is 20.3. The fourth-order valence-corrected chi connectivity index (χ4v) is 3.56. The lowest BCUT2D eigenvalue weighted by molar-refractivity contribution is 0.0695. The fraction of sp³-hybridized carbons (Fsp3) is 0.409. The summed E-state index contributed by atoms with van der Waals surface area (Å²) in [5.74, 6) is 2.49. The van der Waals surface area contributed by atoms with Crippen LogP contribution >= 0.6 is 12.2 Å². The maximum atomic E-state index is 6.12. The molecule has 5 nitrogen and oxygen atoms in total. The van der Waals surface area contributed by atoms with Gasteiger partial charge in [0.25, 0.3) is 0 Å². The topological polar surface area (TPSA) is 51.8 Å². The van der Waals surface area contributed by atoms with E-state index in [-0.39, 0.29) is 17.7 Å². The van der Waals surface area contributed by atoms with Crippen LogP contribution in [0.5, 0.6) is 17.2 Å². The van der Waals surface area contributed by atoms with Crippen LogP contribution in [0.2, 0.25) is 0 Å². The molecule has 1 aliphatic rings. The van der Waals surface area contributed by atoms with Crippen LogP contribution in [0.1, 0.15) is 45.7 Å². The molecule has 1 heterocycles. The largest absolute Gasteiger partial charge is 0.497 e. The molecule has 2 N–H and O–H groups in total. The Hall–Kier alpha value is -2.47. The minimum absolute atomic E-state index is 0.0254. The van der Waals surface area contributed by atoms with Gasteiger partial charge in [0.15, 0.2) is 5.11 Å². The Bertz CT molecular complexity index is 834. The highest BCUT2D eigenvalue weighted by Crippen LogP contribution is 2.41. The van der Waals surface area contributed by atoms with Gasteiger partial charge < -0.3 is 24.8 Å². The zero-order valence-corrected chi connectivity index (χ0v) is 17.9. The van der Waals surface area contributed by atoms with Gasteiger partial charge >= 0.3 is 0 Å². The monoisotopic (exact) mass is 400 g/mol. The average Bonchev–Trinajstić information content (AvgIpc) is 2.62. The molecular formula is C22H28N2O3S. The van der Waals surface area contributed by atoms with Crippen LogP contribution in [0.15, 0.2) is 42.5 Å². The van der Waals surface area contributed by atoms with Crippen LogP contribution in [0.3, 0.4) is 0 Å². The average molecular weight is 401 g/mol. The quantitative estimate of drug-likeness (QED) is 0.684. The molecule has 0 radical (unpaired) electrons. The van der Waals surface area contributed by atoms with Crippen molar-refractivity contribution >= 4 is 23.0 Å². The number of methoxy groups -OCH3 is 1. The molecule has 6 heteroatoms. The molecule has 0 saturated carbocycles. The van der Waals surface area contributed by atoms with Crippen LogP contribution in [0.25, 0.3) is 0 Å². The van der Waals surface area contributed by atoms with Crippen molar-refractivity contribution in [1.29, 1.82) is 0 Å². The summed E-state index contributed by atoms with van der Waals surface area (Å²) in [6.45, 7) is 8.18. The molecule has 3 rings (SSSR count). The molecule has 0 aliphatic carbocycles. The van der Waals surface area contributed by atoms with E-state index in [9.17, 15) is 0 Å². The van der Waals surface area contributed by atoms with Crippen molar-refractivity contribution in [2.45, 2.75) is 51.9 Å². The van der Waals surface area contributed by atoms with Gasteiger partial charge in [-0.05, 0) is 82.4 Å². The third-order valence-corrected chi connectivity index (χ3v) is 4.68. The predicted octanol–water partition coefficient (Wildman–Crippen LogP) is 5.07. The first-order valence-electron chi connectivity index (χ1n) is 9.47. The summed E-state index contributed by atoms with van der Waals surface area (Å²) in [6.07, 6.45) is 0.936. The molecule has 0 aromatic heterocycles. The van der Waals surface area contributed by atoms with Crippen LogP contribution in [-0.2, 0) is 0 Å². The predicted molar refractivity (Wildman–Crippen MR) is 117 cm³/mol. The molecule has 0 bridgehead atoms. The van der Waals surface area contributed by atoms with Gasteiger partial charge in [-0.25, -0.2) is 0 Å². The number of nitrogens with one attached hydrogen (secondary N) is 2. The molecule has 150 valence electrons. The first-order chi connectivity index (χ1) is 13.3. The van der Waals surface area contributed by atoms with E-state index in [0.29, 0.717) is 5.11 Å². The fourth-order valence-electron chi connectivity index (χ4n) is 3.30. The highest BCUT2D eigenvalue weighted by Gasteiger charge is 2.34. The number of anilines is 1. The van der Waals surface area contributed by atoms with Crippen LogP contribution in [-0.4, -0.2) is 23.9 Å². The standard InChI is InChI=1S/C22H28N2O3S/c1-14(2)26-16-8-6-15(7-9-16)23-21(28)24-19-13-22(3,4)27-20-11-10-17(25-5)12-18(19)20/h6-12,14,19H,13H2,1-5H3,(H2,23,24,28). The smallest absolute Gasteiger partial charge is 0.171 e. The maximum Gasteiger partial charge on any atom is 0.171 e. The number of hydrogen-bond acceptors (Lipinski definition) is 4. The highest BCUT2D eigenvalue weighted by molar-refractivity contribution is 7.80. The second-order valence-corrected chi connectivity index (χ2v) is 8.22. The van der Waals surface area contributed by atoms with Gasteiger partial charge in [0.1, 0.15) is 22.8 Å². The lowest BCUT2D eigenvalue weighted by Crippen LogP contribution is -2.42. The molecule has 0 fully saturated rings.